The molecule has 0 saturated carbocycles. The molecule has 0 bridgehead atoms. The van der Waals surface area contributed by atoms with Crippen LogP contribution in [0.25, 0.3) is 0 Å². The lowest BCUT2D eigenvalue weighted by atomic mass is 10.4. The second-order valence-corrected chi connectivity index (χ2v) is 3.66. The number of hydrogen-bond donors (Lipinski definition) is 1. The Kier molecular flexibility index (Phi) is 2.62. The summed E-state index contributed by atoms with van der Waals surface area (Å²) in [5, 5.41) is 0.543. The zero-order chi connectivity index (χ0) is 12.6. The Hall–Kier alpha value is -2.25. The highest BCUT2D eigenvalue weighted by Gasteiger charge is 2.38. The van der Waals surface area contributed by atoms with Gasteiger partial charge in [-0.15, -0.1) is 0 Å². The van der Waals surface area contributed by atoms with Crippen molar-refractivity contribution in [2.24, 2.45) is 0 Å². The van der Waals surface area contributed by atoms with E-state index in [1.807, 2.05) is 5.43 Å². The van der Waals surface area contributed by atoms with Crippen molar-refractivity contribution >= 4 is 29.7 Å². The molecule has 1 N–H and O–H groups in total. The molecule has 0 aromatic carbocycles. The van der Waals surface area contributed by atoms with Crippen molar-refractivity contribution in [3.63, 3.8) is 0 Å². The minimum absolute atomic E-state index is 0.0149. The maximum absolute atomic E-state index is 11.5. The van der Waals surface area contributed by atoms with Crippen molar-refractivity contribution in [3.05, 3.63) is 0 Å². The lowest BCUT2D eigenvalue weighted by molar-refractivity contribution is -0.143. The molecule has 2 rings (SSSR count). The van der Waals surface area contributed by atoms with Gasteiger partial charge < -0.3 is 0 Å². The second-order valence-electron chi connectivity index (χ2n) is 3.66. The molecule has 6 amide bonds. The Morgan fingerprint density at radius 1 is 0.824 bits per heavy atom. The van der Waals surface area contributed by atoms with Crippen LogP contribution >= 0.6 is 0 Å². The van der Waals surface area contributed by atoms with E-state index in [1.54, 1.807) is 0 Å². The Balaban J connectivity index is 2.06. The van der Waals surface area contributed by atoms with Crippen LogP contribution in [-0.4, -0.2) is 39.6 Å². The number of likely N-dealkylation sites (tertiary alicyclic amines) is 1. The Labute approximate surface area is 95.5 Å². The van der Waals surface area contributed by atoms with Crippen LogP contribution < -0.4 is 5.43 Å². The largest absolute Gasteiger partial charge is 0.350 e. The van der Waals surface area contributed by atoms with Crippen molar-refractivity contribution in [3.8, 4) is 0 Å². The smallest absolute Gasteiger partial charge is 0.274 e. The topological polar surface area (TPSA) is 104 Å². The van der Waals surface area contributed by atoms with E-state index in [-0.39, 0.29) is 25.7 Å². The number of rotatable bonds is 1. The number of carbonyl (C=O) groups is 5. The van der Waals surface area contributed by atoms with Crippen molar-refractivity contribution < 1.29 is 24.0 Å². The third kappa shape index (κ3) is 1.88. The van der Waals surface area contributed by atoms with E-state index in [1.165, 1.54) is 0 Å². The average molecular weight is 239 g/mol. The molecule has 8 nitrogen and oxygen atoms in total. The van der Waals surface area contributed by atoms with Crippen LogP contribution in [0, 0.1) is 0 Å². The molecule has 2 heterocycles. The predicted octanol–water partition coefficient (Wildman–Crippen LogP) is -1.09. The van der Waals surface area contributed by atoms with Crippen molar-refractivity contribution in [1.29, 1.82) is 0 Å². The van der Waals surface area contributed by atoms with Gasteiger partial charge in [0.05, 0.1) is 0 Å². The van der Waals surface area contributed by atoms with E-state index in [0.717, 1.165) is 0 Å². The van der Waals surface area contributed by atoms with Crippen LogP contribution in [0.1, 0.15) is 25.7 Å². The van der Waals surface area contributed by atoms with Crippen molar-refractivity contribution in [1.82, 2.24) is 15.3 Å². The van der Waals surface area contributed by atoms with Gasteiger partial charge in [-0.2, -0.15) is 9.91 Å². The lowest BCUT2D eigenvalue weighted by Gasteiger charge is -2.18. The number of urea groups is 1. The van der Waals surface area contributed by atoms with E-state index >= 15 is 0 Å². The molecular weight excluding hydrogens is 230 g/mol. The summed E-state index contributed by atoms with van der Waals surface area (Å²) in [6, 6.07) is -1.05. The molecule has 0 aromatic heterocycles. The Morgan fingerprint density at radius 3 is 1.71 bits per heavy atom. The summed E-state index contributed by atoms with van der Waals surface area (Å²) < 4.78 is 0. The molecule has 0 aliphatic carbocycles. The molecule has 2 fully saturated rings. The van der Waals surface area contributed by atoms with Crippen molar-refractivity contribution in [2.45, 2.75) is 25.7 Å². The number of imide groups is 4. The maximum atomic E-state index is 11.5. The first kappa shape index (κ1) is 11.2. The van der Waals surface area contributed by atoms with Crippen LogP contribution in [-0.2, 0) is 19.2 Å². The van der Waals surface area contributed by atoms with Gasteiger partial charge >= 0.3 is 6.03 Å². The van der Waals surface area contributed by atoms with Gasteiger partial charge in [-0.05, 0) is 0 Å². The molecule has 0 atom stereocenters. The Morgan fingerprint density at radius 2 is 1.24 bits per heavy atom. The van der Waals surface area contributed by atoms with E-state index in [9.17, 15) is 24.0 Å². The molecule has 0 aromatic rings. The molecular formula is C9H9N3O5. The van der Waals surface area contributed by atoms with Gasteiger partial charge in [0, 0.05) is 25.7 Å². The van der Waals surface area contributed by atoms with Crippen LogP contribution in [0.5, 0.6) is 0 Å². The van der Waals surface area contributed by atoms with Gasteiger partial charge in [0.25, 0.3) is 0 Å². The van der Waals surface area contributed by atoms with E-state index in [2.05, 4.69) is 0 Å². The molecule has 0 radical (unpaired) electrons. The Bertz CT molecular complexity index is 412. The first-order valence-corrected chi connectivity index (χ1v) is 5.03. The number of hydrazine groups is 1. The third-order valence-electron chi connectivity index (χ3n) is 2.51. The number of nitrogens with one attached hydrogen (secondary N) is 1. The molecule has 2 aliphatic heterocycles. The molecule has 8 heteroatoms. The summed E-state index contributed by atoms with van der Waals surface area (Å²) in [6.07, 6.45) is -0.0374. The molecule has 0 unspecified atom stereocenters. The van der Waals surface area contributed by atoms with Gasteiger partial charge in [0.15, 0.2) is 0 Å². The molecule has 90 valence electrons. The van der Waals surface area contributed by atoms with Crippen LogP contribution in [0.15, 0.2) is 0 Å². The van der Waals surface area contributed by atoms with E-state index in [0.29, 0.717) is 9.91 Å². The van der Waals surface area contributed by atoms with Crippen LogP contribution in [0.3, 0.4) is 0 Å². The number of amides is 6. The fourth-order valence-corrected chi connectivity index (χ4v) is 1.65. The molecule has 2 aliphatic rings. The molecule has 17 heavy (non-hydrogen) atoms. The van der Waals surface area contributed by atoms with Crippen LogP contribution in [0.2, 0.25) is 0 Å². The van der Waals surface area contributed by atoms with Gasteiger partial charge in [0.1, 0.15) is 0 Å². The van der Waals surface area contributed by atoms with Crippen molar-refractivity contribution in [2.75, 3.05) is 0 Å². The summed E-state index contributed by atoms with van der Waals surface area (Å²) in [5.74, 6) is -2.37. The average Bonchev–Trinajstić information content (AvgIpc) is 2.75. The minimum Gasteiger partial charge on any atom is -0.274 e. The monoisotopic (exact) mass is 239 g/mol. The lowest BCUT2D eigenvalue weighted by Crippen LogP contribution is -2.52. The minimum atomic E-state index is -1.05. The highest BCUT2D eigenvalue weighted by Crippen LogP contribution is 2.13. The van der Waals surface area contributed by atoms with Gasteiger partial charge in [-0.1, -0.05) is 0 Å². The van der Waals surface area contributed by atoms with E-state index < -0.39 is 29.7 Å². The standard InChI is InChI=1S/C9H9N3O5/c13-5-1-2-6(14)11(5)9(17)10-12-7(15)3-4-8(12)16/h1-4H2,(H,10,17). The highest BCUT2D eigenvalue weighted by molar-refractivity contribution is 6.15. The highest BCUT2D eigenvalue weighted by atomic mass is 16.2. The SMILES string of the molecule is O=C1CCC(=O)N1NC(=O)N1C(=O)CCC1=O. The normalized spacial score (nSPS) is 20.5. The molecule has 0 spiro atoms. The number of carbonyl (C=O) groups excluding carboxylic acids is 5. The van der Waals surface area contributed by atoms with Gasteiger partial charge in [0.2, 0.25) is 23.6 Å². The zero-order valence-electron chi connectivity index (χ0n) is 8.76. The summed E-state index contributed by atoms with van der Waals surface area (Å²) in [4.78, 5) is 56.8. The maximum Gasteiger partial charge on any atom is 0.350 e. The summed E-state index contributed by atoms with van der Waals surface area (Å²) in [6.45, 7) is 0. The number of nitrogens with zero attached hydrogens (tertiary/aromatic N) is 2. The van der Waals surface area contributed by atoms with Crippen LogP contribution in [0.4, 0.5) is 4.79 Å². The second kappa shape index (κ2) is 3.96. The predicted molar refractivity (Wildman–Crippen MR) is 50.7 cm³/mol. The number of hydrogen-bond acceptors (Lipinski definition) is 5. The fourth-order valence-electron chi connectivity index (χ4n) is 1.65. The molecule has 2 saturated heterocycles. The first-order chi connectivity index (χ1) is 8.00. The fraction of sp³-hybridized carbons (Fsp3) is 0.444. The zero-order valence-corrected chi connectivity index (χ0v) is 8.76. The quantitative estimate of drug-likeness (QED) is 0.585. The van der Waals surface area contributed by atoms with E-state index in [4.69, 9.17) is 0 Å². The summed E-state index contributed by atoms with van der Waals surface area (Å²) in [5.41, 5.74) is 1.96. The summed E-state index contributed by atoms with van der Waals surface area (Å²) in [7, 11) is 0. The third-order valence-corrected chi connectivity index (χ3v) is 2.51. The first-order valence-electron chi connectivity index (χ1n) is 5.03. The van der Waals surface area contributed by atoms with Gasteiger partial charge in [-0.25, -0.2) is 10.2 Å². The summed E-state index contributed by atoms with van der Waals surface area (Å²) >= 11 is 0. The van der Waals surface area contributed by atoms with Gasteiger partial charge in [-0.3, -0.25) is 19.2 Å².